The van der Waals surface area contributed by atoms with E-state index in [-0.39, 0.29) is 140 Å². The number of piperazine rings is 2. The fourth-order valence-corrected chi connectivity index (χ4v) is 7.61. The summed E-state index contributed by atoms with van der Waals surface area (Å²) < 4.78 is 10.0. The molecule has 0 saturated carbocycles. The van der Waals surface area contributed by atoms with Crippen molar-refractivity contribution in [1.82, 2.24) is 46.2 Å². The molecule has 10 amide bonds. The summed E-state index contributed by atoms with van der Waals surface area (Å²) in [6, 6.07) is 14.3. The zero-order valence-corrected chi connectivity index (χ0v) is 39.2. The number of ether oxygens (including phenoxy) is 2. The number of hydrogen-bond donors (Lipinski definition) is 5. The normalized spacial score (nSPS) is 16.8. The quantitative estimate of drug-likeness (QED) is 0.196. The van der Waals surface area contributed by atoms with Crippen molar-refractivity contribution in [2.75, 3.05) is 78.5 Å². The Balaban J connectivity index is 1.07. The van der Waals surface area contributed by atoms with Gasteiger partial charge in [0.1, 0.15) is 11.2 Å². The Morgan fingerprint density at radius 3 is 1.21 bits per heavy atom. The Kier molecular flexibility index (Phi) is 17.3. The first-order chi connectivity index (χ1) is 31.2. The van der Waals surface area contributed by atoms with Crippen LogP contribution in [0.25, 0.3) is 0 Å². The third-order valence-corrected chi connectivity index (χ3v) is 11.3. The molecule has 66 heavy (non-hydrogen) atoms. The molecule has 5 N–H and O–H groups in total. The molecule has 20 heteroatoms. The van der Waals surface area contributed by atoms with Gasteiger partial charge < -0.3 is 55.7 Å². The van der Waals surface area contributed by atoms with E-state index in [4.69, 9.17) is 9.47 Å². The second-order valence-corrected chi connectivity index (χ2v) is 18.8. The predicted octanol–water partition coefficient (Wildman–Crippen LogP) is 2.40. The van der Waals surface area contributed by atoms with Gasteiger partial charge in [-0.3, -0.25) is 14.4 Å². The maximum absolute atomic E-state index is 13.9. The number of nitrogens with zero attached hydrogens (tertiary/aromatic N) is 5. The molecule has 0 unspecified atom stereocenters. The molecule has 0 bridgehead atoms. The van der Waals surface area contributed by atoms with Crippen LogP contribution in [0.1, 0.15) is 76.6 Å². The number of urea groups is 2. The lowest BCUT2D eigenvalue weighted by Gasteiger charge is -2.41. The number of alkyl carbamates (subject to hydrolysis) is 2. The van der Waals surface area contributed by atoms with Crippen molar-refractivity contribution in [2.45, 2.75) is 91.8 Å². The van der Waals surface area contributed by atoms with E-state index >= 15 is 0 Å². The molecular weight excluding hydrogens is 853 g/mol. The van der Waals surface area contributed by atoms with Gasteiger partial charge in [-0.25, -0.2) is 28.5 Å². The SMILES string of the molecule is CC(C)(C)OC(=O)NCc1ccc(CNC(=O)N2CCN(C(=O)C[N+]3(CC(=O)N4CCN(C(=O)NCc5ccc(CNC(=O)OC(C)(C)C)cc5)CC4)CCC(=O)NCCC3=O)CC2)cc1. The van der Waals surface area contributed by atoms with Crippen LogP contribution in [0, 0.1) is 0 Å². The number of benzene rings is 2. The summed E-state index contributed by atoms with van der Waals surface area (Å²) >= 11 is 0. The molecular formula is C46H67N10O10+. The maximum Gasteiger partial charge on any atom is 0.407 e. The number of nitrogens with one attached hydrogen (secondary N) is 5. The fourth-order valence-electron chi connectivity index (χ4n) is 7.61. The van der Waals surface area contributed by atoms with Crippen molar-refractivity contribution in [2.24, 2.45) is 0 Å². The van der Waals surface area contributed by atoms with E-state index < -0.39 is 27.9 Å². The molecule has 3 aliphatic heterocycles. The molecule has 0 atom stereocenters. The van der Waals surface area contributed by atoms with Crippen LogP contribution in [0.15, 0.2) is 48.5 Å². The Morgan fingerprint density at radius 2 is 0.864 bits per heavy atom. The van der Waals surface area contributed by atoms with Crippen LogP contribution in [0.5, 0.6) is 0 Å². The summed E-state index contributed by atoms with van der Waals surface area (Å²) in [5.74, 6) is -1.26. The number of carbonyl (C=O) groups excluding carboxylic acids is 8. The van der Waals surface area contributed by atoms with E-state index in [0.29, 0.717) is 13.1 Å². The molecule has 360 valence electrons. The summed E-state index contributed by atoms with van der Waals surface area (Å²) in [7, 11) is 0. The first-order valence-corrected chi connectivity index (χ1v) is 22.5. The van der Waals surface area contributed by atoms with Gasteiger partial charge in [-0.15, -0.1) is 0 Å². The number of rotatable bonds is 12. The zero-order valence-electron chi connectivity index (χ0n) is 39.2. The van der Waals surface area contributed by atoms with Crippen LogP contribution in [-0.2, 0) is 54.8 Å². The van der Waals surface area contributed by atoms with Crippen LogP contribution in [-0.4, -0.2) is 162 Å². The van der Waals surface area contributed by atoms with Crippen molar-refractivity contribution in [3.8, 4) is 0 Å². The number of amides is 10. The first-order valence-electron chi connectivity index (χ1n) is 22.5. The average Bonchev–Trinajstić information content (AvgIpc) is 3.27. The number of quaternary nitrogens is 1. The van der Waals surface area contributed by atoms with E-state index in [0.717, 1.165) is 22.3 Å². The molecule has 2 aromatic carbocycles. The van der Waals surface area contributed by atoms with E-state index in [1.54, 1.807) is 61.1 Å². The van der Waals surface area contributed by atoms with Gasteiger partial charge in [0.05, 0.1) is 19.4 Å². The van der Waals surface area contributed by atoms with Gasteiger partial charge in [-0.05, 0) is 63.8 Å². The van der Waals surface area contributed by atoms with Gasteiger partial charge in [0.15, 0.2) is 13.1 Å². The first kappa shape index (κ1) is 50.6. The minimum absolute atomic E-state index is 0.0185. The van der Waals surface area contributed by atoms with Crippen LogP contribution >= 0.6 is 0 Å². The second kappa shape index (κ2) is 22.6. The van der Waals surface area contributed by atoms with E-state index in [9.17, 15) is 38.4 Å². The largest absolute Gasteiger partial charge is 0.444 e. The van der Waals surface area contributed by atoms with Crippen LogP contribution < -0.4 is 26.6 Å². The predicted molar refractivity (Wildman–Crippen MR) is 242 cm³/mol. The molecule has 0 aliphatic carbocycles. The third-order valence-electron chi connectivity index (χ3n) is 11.3. The summed E-state index contributed by atoms with van der Waals surface area (Å²) in [6.45, 7) is 13.4. The lowest BCUT2D eigenvalue weighted by atomic mass is 10.1. The van der Waals surface area contributed by atoms with Crippen LogP contribution in [0.3, 0.4) is 0 Å². The molecule has 0 radical (unpaired) electrons. The lowest BCUT2D eigenvalue weighted by Crippen LogP contribution is -2.65. The summed E-state index contributed by atoms with van der Waals surface area (Å²) in [4.78, 5) is 111. The van der Waals surface area contributed by atoms with Crippen molar-refractivity contribution < 1.29 is 52.3 Å². The Bertz CT molecular complexity index is 1930. The summed E-state index contributed by atoms with van der Waals surface area (Å²) in [5, 5.41) is 14.0. The van der Waals surface area contributed by atoms with Crippen LogP contribution in [0.4, 0.5) is 19.2 Å². The smallest absolute Gasteiger partial charge is 0.407 e. The Morgan fingerprint density at radius 1 is 0.530 bits per heavy atom. The summed E-state index contributed by atoms with van der Waals surface area (Å²) in [5.41, 5.74) is 2.28. The zero-order chi connectivity index (χ0) is 48.1. The fraction of sp³-hybridized carbons (Fsp3) is 0.565. The van der Waals surface area contributed by atoms with Gasteiger partial charge in [-0.2, -0.15) is 0 Å². The highest BCUT2D eigenvalue weighted by molar-refractivity contribution is 5.86. The molecule has 3 aliphatic rings. The Labute approximate surface area is 386 Å². The van der Waals surface area contributed by atoms with Gasteiger partial charge in [0.2, 0.25) is 5.91 Å². The van der Waals surface area contributed by atoms with Gasteiger partial charge >= 0.3 is 30.2 Å². The van der Waals surface area contributed by atoms with E-state index in [1.165, 1.54) is 0 Å². The van der Waals surface area contributed by atoms with Gasteiger partial charge in [0, 0.05) is 85.1 Å². The minimum atomic E-state index is -0.595. The molecule has 2 aromatic rings. The van der Waals surface area contributed by atoms with Crippen molar-refractivity contribution in [3.63, 3.8) is 0 Å². The highest BCUT2D eigenvalue weighted by Crippen LogP contribution is 2.19. The molecule has 0 aromatic heterocycles. The monoisotopic (exact) mass is 920 g/mol. The second-order valence-electron chi connectivity index (χ2n) is 18.8. The molecule has 0 spiro atoms. The number of carbonyl (C=O) groups is 8. The minimum Gasteiger partial charge on any atom is -0.444 e. The molecule has 20 nitrogen and oxygen atoms in total. The van der Waals surface area contributed by atoms with Crippen molar-refractivity contribution in [1.29, 1.82) is 0 Å². The molecule has 5 rings (SSSR count). The molecule has 3 saturated heterocycles. The molecule has 3 fully saturated rings. The van der Waals surface area contributed by atoms with Crippen molar-refractivity contribution >= 4 is 47.9 Å². The lowest BCUT2D eigenvalue weighted by molar-refractivity contribution is -0.839. The standard InChI is InChI=1S/C46H66N10O10/c1-45(2,3)65-43(63)50-29-35-11-7-33(8-12-35)27-48-41(61)54-22-18-52(19-23-54)38(58)31-56(26-16-37(57)47-17-15-40(56)60)32-39(59)53-20-24-55(25-21-53)42(62)49-28-34-9-13-36(14-10-34)30-51-44(64)66-46(4,5)6/h7-14H,15-32H2,1-6H3,(H4-,47,48,49,50,51,57,61,62,63,64)/p+1. The van der Waals surface area contributed by atoms with E-state index in [1.807, 2.05) is 48.5 Å². The number of hydrogen-bond acceptors (Lipinski definition) is 10. The summed E-state index contributed by atoms with van der Waals surface area (Å²) in [6.07, 6.45) is -1.08. The van der Waals surface area contributed by atoms with Crippen LogP contribution in [0.2, 0.25) is 0 Å². The van der Waals surface area contributed by atoms with E-state index in [2.05, 4.69) is 26.6 Å². The van der Waals surface area contributed by atoms with Gasteiger partial charge in [0.25, 0.3) is 11.8 Å². The highest BCUT2D eigenvalue weighted by Gasteiger charge is 2.44. The highest BCUT2D eigenvalue weighted by atomic mass is 16.6. The molecule has 3 heterocycles. The average molecular weight is 920 g/mol. The maximum atomic E-state index is 13.9. The Hall–Kier alpha value is -6.44. The third kappa shape index (κ3) is 15.9. The topological polar surface area (TPSA) is 228 Å². The van der Waals surface area contributed by atoms with Crippen molar-refractivity contribution in [3.05, 3.63) is 70.8 Å². The van der Waals surface area contributed by atoms with Gasteiger partial charge in [-0.1, -0.05) is 48.5 Å².